The molecule has 2 aromatic rings. The molecule has 1 N–H and O–H groups in total. The van der Waals surface area contributed by atoms with E-state index in [9.17, 15) is 13.2 Å². The molecule has 0 saturated heterocycles. The molecule has 2 rings (SSSR count). The van der Waals surface area contributed by atoms with Gasteiger partial charge in [0.15, 0.2) is 11.5 Å². The van der Waals surface area contributed by atoms with Crippen LogP contribution in [-0.2, 0) is 19.6 Å². The van der Waals surface area contributed by atoms with E-state index < -0.39 is 22.0 Å². The molecule has 150 valence electrons. The lowest BCUT2D eigenvalue weighted by Crippen LogP contribution is -2.27. The summed E-state index contributed by atoms with van der Waals surface area (Å²) < 4.78 is 43.8. The minimum absolute atomic E-state index is 0.0745. The van der Waals surface area contributed by atoms with Crippen LogP contribution >= 0.6 is 0 Å². The molecule has 0 aliphatic heterocycles. The highest BCUT2D eigenvalue weighted by molar-refractivity contribution is 7.89. The molecular formula is C20H23NO6S. The molecule has 8 heteroatoms. The van der Waals surface area contributed by atoms with Gasteiger partial charge >= 0.3 is 5.97 Å². The largest absolute Gasteiger partial charge is 0.493 e. The van der Waals surface area contributed by atoms with Crippen LogP contribution in [0.5, 0.6) is 11.5 Å². The van der Waals surface area contributed by atoms with E-state index in [1.165, 1.54) is 39.5 Å². The first-order valence-corrected chi connectivity index (χ1v) is 9.90. The molecule has 0 aliphatic rings. The number of ether oxygens (including phenoxy) is 3. The smallest absolute Gasteiger partial charge is 0.330 e. The van der Waals surface area contributed by atoms with Crippen molar-refractivity contribution in [3.05, 3.63) is 59.7 Å². The second-order valence-electron chi connectivity index (χ2n) is 5.86. The topological polar surface area (TPSA) is 90.9 Å². The van der Waals surface area contributed by atoms with Crippen molar-refractivity contribution < 1.29 is 27.4 Å². The summed E-state index contributed by atoms with van der Waals surface area (Å²) in [5.74, 6) is -0.261. The second kappa shape index (κ2) is 9.38. The number of sulfonamides is 1. The fourth-order valence-electron chi connectivity index (χ4n) is 2.58. The SMILES string of the molecule is COC(=O)/C=C/c1cc(OC)c(OC)c(S(=O)(=O)N[C@@H](C)c2ccccc2)c1. The van der Waals surface area contributed by atoms with E-state index in [1.54, 1.807) is 13.0 Å². The van der Waals surface area contributed by atoms with Crippen molar-refractivity contribution in [3.8, 4) is 11.5 Å². The number of benzene rings is 2. The number of hydrogen-bond donors (Lipinski definition) is 1. The Balaban J connectivity index is 2.48. The van der Waals surface area contributed by atoms with Gasteiger partial charge in [-0.1, -0.05) is 30.3 Å². The van der Waals surface area contributed by atoms with E-state index >= 15 is 0 Å². The molecule has 0 spiro atoms. The summed E-state index contributed by atoms with van der Waals surface area (Å²) in [5.41, 5.74) is 1.26. The van der Waals surface area contributed by atoms with Crippen molar-refractivity contribution in [2.45, 2.75) is 17.9 Å². The Labute approximate surface area is 165 Å². The Morgan fingerprint density at radius 1 is 1.07 bits per heavy atom. The third-order valence-corrected chi connectivity index (χ3v) is 5.55. The van der Waals surface area contributed by atoms with Crippen molar-refractivity contribution in [3.63, 3.8) is 0 Å². The molecule has 0 fully saturated rings. The molecular weight excluding hydrogens is 382 g/mol. The van der Waals surface area contributed by atoms with Crippen LogP contribution in [0.4, 0.5) is 0 Å². The number of carbonyl (C=O) groups is 1. The molecule has 0 bridgehead atoms. The zero-order valence-electron chi connectivity index (χ0n) is 16.1. The third kappa shape index (κ3) is 5.11. The Morgan fingerprint density at radius 2 is 1.75 bits per heavy atom. The van der Waals surface area contributed by atoms with Gasteiger partial charge < -0.3 is 14.2 Å². The van der Waals surface area contributed by atoms with Gasteiger partial charge in [-0.15, -0.1) is 0 Å². The highest BCUT2D eigenvalue weighted by atomic mass is 32.2. The molecule has 1 atom stereocenters. The summed E-state index contributed by atoms with van der Waals surface area (Å²) in [4.78, 5) is 11.3. The number of carbonyl (C=O) groups excluding carboxylic acids is 1. The number of rotatable bonds is 8. The Morgan fingerprint density at radius 3 is 2.32 bits per heavy atom. The zero-order chi connectivity index (χ0) is 20.7. The molecule has 0 unspecified atom stereocenters. The van der Waals surface area contributed by atoms with Gasteiger partial charge in [0.25, 0.3) is 0 Å². The van der Waals surface area contributed by atoms with Crippen LogP contribution < -0.4 is 14.2 Å². The van der Waals surface area contributed by atoms with Crippen molar-refractivity contribution in [1.29, 1.82) is 0 Å². The fraction of sp³-hybridized carbons (Fsp3) is 0.250. The fourth-order valence-corrected chi connectivity index (χ4v) is 4.03. The van der Waals surface area contributed by atoms with Gasteiger partial charge in [-0.05, 0) is 36.3 Å². The van der Waals surface area contributed by atoms with Gasteiger partial charge in [0, 0.05) is 12.1 Å². The summed E-state index contributed by atoms with van der Waals surface area (Å²) in [6.45, 7) is 1.75. The van der Waals surface area contributed by atoms with Gasteiger partial charge in [-0.25, -0.2) is 17.9 Å². The average Bonchev–Trinajstić information content (AvgIpc) is 2.71. The zero-order valence-corrected chi connectivity index (χ0v) is 16.9. The normalized spacial score (nSPS) is 12.6. The van der Waals surface area contributed by atoms with E-state index in [0.29, 0.717) is 5.56 Å². The van der Waals surface area contributed by atoms with Crippen LogP contribution in [-0.4, -0.2) is 35.7 Å². The summed E-state index contributed by atoms with van der Waals surface area (Å²) in [7, 11) is 0.0687. The predicted octanol–water partition coefficient (Wildman–Crippen LogP) is 2.93. The lowest BCUT2D eigenvalue weighted by Gasteiger charge is -2.18. The minimum Gasteiger partial charge on any atom is -0.493 e. The van der Waals surface area contributed by atoms with Crippen LogP contribution in [0.1, 0.15) is 24.1 Å². The van der Waals surface area contributed by atoms with Crippen LogP contribution in [0.3, 0.4) is 0 Å². The third-order valence-electron chi connectivity index (χ3n) is 4.00. The number of methoxy groups -OCH3 is 3. The first-order chi connectivity index (χ1) is 13.3. The molecule has 28 heavy (non-hydrogen) atoms. The molecule has 0 radical (unpaired) electrons. The summed E-state index contributed by atoms with van der Waals surface area (Å²) >= 11 is 0. The summed E-state index contributed by atoms with van der Waals surface area (Å²) in [5, 5.41) is 0. The molecule has 0 amide bonds. The van der Waals surface area contributed by atoms with Gasteiger partial charge in [0.1, 0.15) is 4.90 Å². The number of hydrogen-bond acceptors (Lipinski definition) is 6. The molecule has 7 nitrogen and oxygen atoms in total. The Hall–Kier alpha value is -2.84. The van der Waals surface area contributed by atoms with Gasteiger partial charge in [-0.3, -0.25) is 0 Å². The quantitative estimate of drug-likeness (QED) is 0.536. The predicted molar refractivity (Wildman–Crippen MR) is 106 cm³/mol. The molecule has 0 aliphatic carbocycles. The van der Waals surface area contributed by atoms with Gasteiger partial charge in [0.05, 0.1) is 21.3 Å². The lowest BCUT2D eigenvalue weighted by molar-refractivity contribution is -0.134. The Kier molecular flexibility index (Phi) is 7.19. The maximum atomic E-state index is 13.0. The van der Waals surface area contributed by atoms with Crippen molar-refractivity contribution in [1.82, 2.24) is 4.72 Å². The average molecular weight is 405 g/mol. The van der Waals surface area contributed by atoms with E-state index in [4.69, 9.17) is 9.47 Å². The van der Waals surface area contributed by atoms with Gasteiger partial charge in [-0.2, -0.15) is 0 Å². The van der Waals surface area contributed by atoms with Crippen LogP contribution in [0.25, 0.3) is 6.08 Å². The van der Waals surface area contributed by atoms with E-state index in [1.807, 2.05) is 30.3 Å². The number of nitrogens with one attached hydrogen (secondary N) is 1. The highest BCUT2D eigenvalue weighted by Crippen LogP contribution is 2.36. The van der Waals surface area contributed by atoms with Gasteiger partial charge in [0.2, 0.25) is 10.0 Å². The van der Waals surface area contributed by atoms with E-state index in [2.05, 4.69) is 9.46 Å². The maximum absolute atomic E-state index is 13.0. The minimum atomic E-state index is -3.95. The molecule has 0 aromatic heterocycles. The number of esters is 1. The monoisotopic (exact) mass is 405 g/mol. The van der Waals surface area contributed by atoms with Crippen molar-refractivity contribution in [2.75, 3.05) is 21.3 Å². The maximum Gasteiger partial charge on any atom is 0.330 e. The molecule has 2 aromatic carbocycles. The van der Waals surface area contributed by atoms with Crippen molar-refractivity contribution in [2.24, 2.45) is 0 Å². The Bertz CT molecular complexity index is 954. The molecule has 0 saturated carbocycles. The van der Waals surface area contributed by atoms with Crippen LogP contribution in [0.15, 0.2) is 53.4 Å². The van der Waals surface area contributed by atoms with Crippen LogP contribution in [0, 0.1) is 0 Å². The summed E-state index contributed by atoms with van der Waals surface area (Å²) in [6, 6.07) is 11.7. The van der Waals surface area contributed by atoms with Crippen LogP contribution in [0.2, 0.25) is 0 Å². The summed E-state index contributed by atoms with van der Waals surface area (Å²) in [6.07, 6.45) is 2.63. The first-order valence-electron chi connectivity index (χ1n) is 8.41. The standard InChI is InChI=1S/C20H23NO6S/c1-14(16-8-6-5-7-9-16)21-28(23,24)18-13-15(10-11-19(22)26-3)12-17(25-2)20(18)27-4/h5-14,21H,1-4H3/b11-10+/t14-/m0/s1. The highest BCUT2D eigenvalue weighted by Gasteiger charge is 2.25. The van der Waals surface area contributed by atoms with Crippen molar-refractivity contribution >= 4 is 22.1 Å². The van der Waals surface area contributed by atoms with E-state index in [0.717, 1.165) is 5.56 Å². The lowest BCUT2D eigenvalue weighted by atomic mass is 10.1. The molecule has 0 heterocycles. The first kappa shape index (κ1) is 21.5. The second-order valence-corrected chi connectivity index (χ2v) is 7.55. The van der Waals surface area contributed by atoms with E-state index in [-0.39, 0.29) is 16.4 Å².